The summed E-state index contributed by atoms with van der Waals surface area (Å²) in [5, 5.41) is 2.90. The molecule has 2 aromatic carbocycles. The number of nitrogens with one attached hydrogen (secondary N) is 1. The Labute approximate surface area is 167 Å². The van der Waals surface area contributed by atoms with E-state index in [0.29, 0.717) is 30.8 Å². The highest BCUT2D eigenvalue weighted by molar-refractivity contribution is 7.89. The van der Waals surface area contributed by atoms with E-state index >= 15 is 0 Å². The molecule has 0 unspecified atom stereocenters. The van der Waals surface area contributed by atoms with Gasteiger partial charge in [-0.05, 0) is 61.6 Å². The van der Waals surface area contributed by atoms with Gasteiger partial charge >= 0.3 is 0 Å². The molecular formula is C22H28N2O3S. The molecule has 6 heteroatoms. The van der Waals surface area contributed by atoms with Crippen LogP contribution in [0.4, 0.5) is 5.69 Å². The monoisotopic (exact) mass is 400 g/mol. The molecule has 1 saturated heterocycles. The third-order valence-electron chi connectivity index (χ3n) is 5.07. The molecule has 0 saturated carbocycles. The number of benzene rings is 2. The molecule has 0 spiro atoms. The summed E-state index contributed by atoms with van der Waals surface area (Å²) in [4.78, 5) is 12.5. The minimum atomic E-state index is -3.42. The van der Waals surface area contributed by atoms with E-state index in [1.165, 1.54) is 0 Å². The molecular weight excluding hydrogens is 372 g/mol. The van der Waals surface area contributed by atoms with Crippen LogP contribution in [-0.4, -0.2) is 31.7 Å². The summed E-state index contributed by atoms with van der Waals surface area (Å²) in [7, 11) is -3.42. The van der Waals surface area contributed by atoms with Crippen LogP contribution in [-0.2, 0) is 21.2 Å². The number of anilines is 1. The average Bonchev–Trinajstić information content (AvgIpc) is 2.97. The Morgan fingerprint density at radius 2 is 1.68 bits per heavy atom. The number of carbonyl (C=O) groups is 1. The third kappa shape index (κ3) is 5.42. The maximum atomic E-state index is 12.8. The second-order valence-electron chi connectivity index (χ2n) is 7.38. The van der Waals surface area contributed by atoms with Crippen molar-refractivity contribution in [2.24, 2.45) is 0 Å². The van der Waals surface area contributed by atoms with Gasteiger partial charge in [0, 0.05) is 25.2 Å². The molecule has 3 rings (SSSR count). The Hall–Kier alpha value is -2.18. The van der Waals surface area contributed by atoms with Gasteiger partial charge in [-0.2, -0.15) is 4.31 Å². The van der Waals surface area contributed by atoms with Crippen molar-refractivity contribution in [1.29, 1.82) is 0 Å². The molecule has 0 aliphatic carbocycles. The third-order valence-corrected chi connectivity index (χ3v) is 6.98. The zero-order valence-corrected chi connectivity index (χ0v) is 17.2. The van der Waals surface area contributed by atoms with Crippen molar-refractivity contribution < 1.29 is 13.2 Å². The van der Waals surface area contributed by atoms with Crippen LogP contribution < -0.4 is 5.32 Å². The Morgan fingerprint density at radius 3 is 2.32 bits per heavy atom. The summed E-state index contributed by atoms with van der Waals surface area (Å²) in [6.07, 6.45) is 4.96. The molecule has 1 heterocycles. The number of amides is 1. The Kier molecular flexibility index (Phi) is 6.86. The fraction of sp³-hybridized carbons (Fsp3) is 0.409. The van der Waals surface area contributed by atoms with E-state index in [9.17, 15) is 13.2 Å². The first-order valence-electron chi connectivity index (χ1n) is 9.91. The fourth-order valence-corrected chi connectivity index (χ4v) is 4.98. The minimum Gasteiger partial charge on any atom is -0.326 e. The summed E-state index contributed by atoms with van der Waals surface area (Å²) >= 11 is 0. The molecule has 0 atom stereocenters. The maximum Gasteiger partial charge on any atom is 0.243 e. The molecule has 1 aliphatic heterocycles. The largest absolute Gasteiger partial charge is 0.326 e. The van der Waals surface area contributed by atoms with Crippen molar-refractivity contribution in [3.63, 3.8) is 0 Å². The van der Waals surface area contributed by atoms with E-state index in [0.717, 1.165) is 42.5 Å². The van der Waals surface area contributed by atoms with E-state index in [2.05, 4.69) is 5.32 Å². The zero-order chi connectivity index (χ0) is 20.0. The van der Waals surface area contributed by atoms with Crippen LogP contribution in [0.25, 0.3) is 0 Å². The topological polar surface area (TPSA) is 66.5 Å². The molecule has 2 aromatic rings. The van der Waals surface area contributed by atoms with Gasteiger partial charge in [-0.15, -0.1) is 0 Å². The van der Waals surface area contributed by atoms with Crippen molar-refractivity contribution in [3.05, 3.63) is 59.7 Å². The Bertz CT molecular complexity index is 900. The summed E-state index contributed by atoms with van der Waals surface area (Å²) in [6.45, 7) is 3.18. The van der Waals surface area contributed by atoms with Crippen LogP contribution in [0.5, 0.6) is 0 Å². The van der Waals surface area contributed by atoms with E-state index in [1.54, 1.807) is 16.4 Å². The first-order valence-corrected chi connectivity index (χ1v) is 11.3. The van der Waals surface area contributed by atoms with Crippen molar-refractivity contribution in [2.45, 2.75) is 50.3 Å². The van der Waals surface area contributed by atoms with E-state index in [4.69, 9.17) is 0 Å². The summed E-state index contributed by atoms with van der Waals surface area (Å²) in [5.41, 5.74) is 2.84. The highest BCUT2D eigenvalue weighted by Crippen LogP contribution is 2.21. The molecule has 28 heavy (non-hydrogen) atoms. The lowest BCUT2D eigenvalue weighted by Crippen LogP contribution is -2.31. The second-order valence-corrected chi connectivity index (χ2v) is 9.32. The molecule has 5 nitrogen and oxygen atoms in total. The molecule has 1 fully saturated rings. The normalized spacial score (nSPS) is 15.8. The van der Waals surface area contributed by atoms with Gasteiger partial charge in [0.05, 0.1) is 4.90 Å². The van der Waals surface area contributed by atoms with E-state index in [-0.39, 0.29) is 5.91 Å². The van der Waals surface area contributed by atoms with E-state index < -0.39 is 10.0 Å². The van der Waals surface area contributed by atoms with Crippen molar-refractivity contribution in [2.75, 3.05) is 18.4 Å². The summed E-state index contributed by atoms with van der Waals surface area (Å²) in [5.74, 6) is -0.0492. The number of carbonyl (C=O) groups excluding carboxylic acids is 1. The summed E-state index contributed by atoms with van der Waals surface area (Å²) in [6, 6.07) is 14.6. The molecule has 150 valence electrons. The first-order chi connectivity index (χ1) is 13.4. The molecule has 0 bridgehead atoms. The molecule has 0 radical (unpaired) electrons. The van der Waals surface area contributed by atoms with Crippen molar-refractivity contribution in [1.82, 2.24) is 4.31 Å². The number of nitrogens with zero attached hydrogens (tertiary/aromatic N) is 1. The van der Waals surface area contributed by atoms with Crippen LogP contribution in [0, 0.1) is 6.92 Å². The number of aryl methyl sites for hydroxylation is 2. The van der Waals surface area contributed by atoms with Gasteiger partial charge in [0.15, 0.2) is 0 Å². The first kappa shape index (κ1) is 20.6. The van der Waals surface area contributed by atoms with Gasteiger partial charge in [-0.25, -0.2) is 8.42 Å². The predicted octanol–water partition coefficient (Wildman–Crippen LogP) is 4.13. The zero-order valence-electron chi connectivity index (χ0n) is 16.4. The van der Waals surface area contributed by atoms with Gasteiger partial charge < -0.3 is 5.32 Å². The van der Waals surface area contributed by atoms with Gasteiger partial charge in [-0.1, -0.05) is 37.1 Å². The van der Waals surface area contributed by atoms with Gasteiger partial charge in [0.1, 0.15) is 0 Å². The quantitative estimate of drug-likeness (QED) is 0.793. The number of sulfonamides is 1. The number of rotatable bonds is 6. The van der Waals surface area contributed by atoms with Gasteiger partial charge in [-0.3, -0.25) is 4.79 Å². The van der Waals surface area contributed by atoms with Crippen LogP contribution in [0.3, 0.4) is 0 Å². The Morgan fingerprint density at radius 1 is 1.00 bits per heavy atom. The lowest BCUT2D eigenvalue weighted by molar-refractivity contribution is -0.116. The number of hydrogen-bond acceptors (Lipinski definition) is 3. The summed E-state index contributed by atoms with van der Waals surface area (Å²) < 4.78 is 27.2. The Balaban J connectivity index is 1.57. The van der Waals surface area contributed by atoms with Crippen LogP contribution in [0.2, 0.25) is 0 Å². The number of hydrogen-bond donors (Lipinski definition) is 1. The van der Waals surface area contributed by atoms with Gasteiger partial charge in [0.2, 0.25) is 15.9 Å². The van der Waals surface area contributed by atoms with Crippen LogP contribution >= 0.6 is 0 Å². The fourth-order valence-electron chi connectivity index (χ4n) is 3.46. The smallest absolute Gasteiger partial charge is 0.243 e. The predicted molar refractivity (Wildman–Crippen MR) is 112 cm³/mol. The molecule has 0 aromatic heterocycles. The van der Waals surface area contributed by atoms with Gasteiger partial charge in [0.25, 0.3) is 0 Å². The van der Waals surface area contributed by atoms with Crippen LogP contribution in [0.1, 0.15) is 43.2 Å². The molecule has 1 aliphatic rings. The second kappa shape index (κ2) is 9.34. The molecule has 1 N–H and O–H groups in total. The maximum absolute atomic E-state index is 12.8. The SMILES string of the molecule is Cc1cccc(NC(=O)CCc2ccc(S(=O)(=O)N3CCCCCC3)cc2)c1. The highest BCUT2D eigenvalue weighted by Gasteiger charge is 2.24. The lowest BCUT2D eigenvalue weighted by atomic mass is 10.1. The van der Waals surface area contributed by atoms with Crippen molar-refractivity contribution in [3.8, 4) is 0 Å². The lowest BCUT2D eigenvalue weighted by Gasteiger charge is -2.20. The highest BCUT2D eigenvalue weighted by atomic mass is 32.2. The standard InChI is InChI=1S/C22H28N2O3S/c1-18-7-6-8-20(17-18)23-22(25)14-11-19-9-12-21(13-10-19)28(26,27)24-15-4-2-3-5-16-24/h6-10,12-13,17H,2-5,11,14-16H2,1H3,(H,23,25). The van der Waals surface area contributed by atoms with Crippen molar-refractivity contribution >= 4 is 21.6 Å². The van der Waals surface area contributed by atoms with E-state index in [1.807, 2.05) is 43.3 Å². The molecule has 1 amide bonds. The minimum absolute atomic E-state index is 0.0492. The average molecular weight is 401 g/mol. The van der Waals surface area contributed by atoms with Crippen LogP contribution in [0.15, 0.2) is 53.4 Å².